The molecule has 0 radical (unpaired) electrons. The van der Waals surface area contributed by atoms with Crippen molar-refractivity contribution in [2.45, 2.75) is 473 Å². The Labute approximate surface area is 614 Å². The highest BCUT2D eigenvalue weighted by Gasteiger charge is 2.51. The Kier molecular flexibility index (Phi) is 65.8. The number of ether oxygens (including phenoxy) is 4. The molecule has 12 unspecified atom stereocenters. The van der Waals surface area contributed by atoms with Crippen LogP contribution < -0.4 is 5.32 Å². The summed E-state index contributed by atoms with van der Waals surface area (Å²) in [6, 6.07) is -0.940. The van der Waals surface area contributed by atoms with E-state index in [4.69, 9.17) is 18.9 Å². The Morgan fingerprint density at radius 1 is 0.350 bits per heavy atom. The van der Waals surface area contributed by atoms with Crippen molar-refractivity contribution in [2.24, 2.45) is 0 Å². The fourth-order valence-corrected chi connectivity index (χ4v) is 14.2. The van der Waals surface area contributed by atoms with Crippen LogP contribution >= 0.6 is 0 Å². The van der Waals surface area contributed by atoms with Crippen molar-refractivity contribution < 1.29 is 64.6 Å². The first kappa shape index (κ1) is 94.0. The second-order valence-electron chi connectivity index (χ2n) is 30.3. The third-order valence-electron chi connectivity index (χ3n) is 21.0. The van der Waals surface area contributed by atoms with Crippen LogP contribution in [0.25, 0.3) is 0 Å². The van der Waals surface area contributed by atoms with Crippen LogP contribution in [-0.4, -0.2) is 140 Å². The number of hydrogen-bond donors (Lipinski definition) is 9. The maximum Gasteiger partial charge on any atom is 0.220 e. The zero-order valence-corrected chi connectivity index (χ0v) is 64.7. The van der Waals surface area contributed by atoms with E-state index >= 15 is 0 Å². The first-order valence-electron chi connectivity index (χ1n) is 42.9. The molecule has 2 aliphatic heterocycles. The molecule has 0 aromatic rings. The molecule has 2 saturated heterocycles. The van der Waals surface area contributed by atoms with Crippen LogP contribution in [0.5, 0.6) is 0 Å². The summed E-state index contributed by atoms with van der Waals surface area (Å²) in [5.41, 5.74) is 0. The van der Waals surface area contributed by atoms with Gasteiger partial charge in [-0.05, 0) is 70.6 Å². The maximum atomic E-state index is 13.4. The van der Waals surface area contributed by atoms with Gasteiger partial charge in [0, 0.05) is 6.42 Å². The molecule has 12 atom stereocenters. The van der Waals surface area contributed by atoms with Crippen LogP contribution in [-0.2, 0) is 23.7 Å². The van der Waals surface area contributed by atoms with Gasteiger partial charge in [-0.2, -0.15) is 0 Å². The van der Waals surface area contributed by atoms with Gasteiger partial charge in [-0.25, -0.2) is 0 Å². The molecule has 14 heteroatoms. The second-order valence-corrected chi connectivity index (χ2v) is 30.3. The lowest BCUT2D eigenvalue weighted by Crippen LogP contribution is -2.65. The van der Waals surface area contributed by atoms with Crippen molar-refractivity contribution in [1.82, 2.24) is 5.32 Å². The fraction of sp³-hybridized carbons (Fsp3) is 0.895. The van der Waals surface area contributed by atoms with Gasteiger partial charge >= 0.3 is 0 Å². The monoisotopic (exact) mass is 1420 g/mol. The molecule has 14 nitrogen and oxygen atoms in total. The molecule has 0 bridgehead atoms. The van der Waals surface area contributed by atoms with Gasteiger partial charge in [0.15, 0.2) is 12.6 Å². The van der Waals surface area contributed by atoms with Crippen molar-refractivity contribution in [2.75, 3.05) is 19.8 Å². The second kappa shape index (κ2) is 70.0. The summed E-state index contributed by atoms with van der Waals surface area (Å²) in [4.78, 5) is 13.4. The van der Waals surface area contributed by atoms with E-state index in [0.29, 0.717) is 12.8 Å². The SMILES string of the molecule is CCCCCCCCCC/C=C\CCCCCCCCCCCCCCCCCCCCCCCCCC(=O)NC(COC1OC(CO)C(OC2OC(CO)C(O)C(O)C2O)C(O)C1O)C(O)/C=C/CC/C=C/CC/C=C/CCCCCCCCCCCCCCCCCCCCCCC. The minimum Gasteiger partial charge on any atom is -0.394 e. The van der Waals surface area contributed by atoms with Crippen molar-refractivity contribution in [3.05, 3.63) is 48.6 Å². The molecule has 100 heavy (non-hydrogen) atoms. The van der Waals surface area contributed by atoms with Gasteiger partial charge in [-0.15, -0.1) is 0 Å². The summed E-state index contributed by atoms with van der Waals surface area (Å²) >= 11 is 0. The normalized spacial score (nSPS) is 22.0. The number of unbranched alkanes of at least 4 members (excludes halogenated alkanes) is 54. The summed E-state index contributed by atoms with van der Waals surface area (Å²) in [6.07, 6.45) is 78.0. The lowest BCUT2D eigenvalue weighted by molar-refractivity contribution is -0.359. The van der Waals surface area contributed by atoms with Crippen molar-refractivity contribution in [1.29, 1.82) is 0 Å². The standard InChI is InChI=1S/C86H161NO13/c1-3-5-7-9-11-13-15-17-19-21-23-25-27-29-31-33-35-36-37-38-40-42-44-46-48-50-52-54-56-58-60-62-64-66-68-70-78(91)87-74(73-97-85-83(96)81(94)84(77(72-89)99-85)100-86-82(95)80(93)79(92)76(71-88)98-86)75(90)69-67-65-63-61-59-57-55-53-51-49-47-45-43-41-39-34-32-30-28-26-24-22-20-18-16-14-12-10-8-6-4-2/h21,23,51,53,59,61,67,69,74-77,79-86,88-90,92-96H,3-20,22,24-50,52,54-58,60,62-66,68,70-73H2,1-2H3,(H,87,91)/b23-21-,53-51+,61-59+,69-67+. The zero-order chi connectivity index (χ0) is 72.2. The van der Waals surface area contributed by atoms with E-state index in [1.54, 1.807) is 6.08 Å². The number of nitrogens with one attached hydrogen (secondary N) is 1. The number of rotatable bonds is 73. The predicted octanol–water partition coefficient (Wildman–Crippen LogP) is 20.1. The molecule has 9 N–H and O–H groups in total. The molecule has 0 aliphatic carbocycles. The van der Waals surface area contributed by atoms with Crippen molar-refractivity contribution in [3.8, 4) is 0 Å². The Balaban J connectivity index is 1.60. The van der Waals surface area contributed by atoms with Crippen LogP contribution in [0.4, 0.5) is 0 Å². The number of amides is 1. The quantitative estimate of drug-likeness (QED) is 0.0204. The first-order chi connectivity index (χ1) is 49.1. The van der Waals surface area contributed by atoms with E-state index in [1.807, 2.05) is 6.08 Å². The highest BCUT2D eigenvalue weighted by Crippen LogP contribution is 2.30. The molecule has 2 rings (SSSR count). The van der Waals surface area contributed by atoms with Gasteiger partial charge in [0.2, 0.25) is 5.91 Å². The van der Waals surface area contributed by atoms with Crippen LogP contribution in [0, 0.1) is 0 Å². The number of aliphatic hydroxyl groups excluding tert-OH is 8. The first-order valence-corrected chi connectivity index (χ1v) is 42.9. The topological polar surface area (TPSA) is 228 Å². The Hall–Kier alpha value is -2.05. The smallest absolute Gasteiger partial charge is 0.220 e. The van der Waals surface area contributed by atoms with E-state index in [9.17, 15) is 45.6 Å². The third kappa shape index (κ3) is 52.0. The molecule has 588 valence electrons. The fourth-order valence-electron chi connectivity index (χ4n) is 14.2. The van der Waals surface area contributed by atoms with Crippen LogP contribution in [0.1, 0.15) is 399 Å². The number of allylic oxidation sites excluding steroid dienone is 7. The van der Waals surface area contributed by atoms with Gasteiger partial charge in [0.25, 0.3) is 0 Å². The molecule has 1 amide bonds. The third-order valence-corrected chi connectivity index (χ3v) is 21.0. The van der Waals surface area contributed by atoms with Gasteiger partial charge in [-0.1, -0.05) is 371 Å². The zero-order valence-electron chi connectivity index (χ0n) is 64.7. The Morgan fingerprint density at radius 3 is 0.980 bits per heavy atom. The van der Waals surface area contributed by atoms with E-state index in [-0.39, 0.29) is 18.9 Å². The lowest BCUT2D eigenvalue weighted by Gasteiger charge is -2.46. The highest BCUT2D eigenvalue weighted by molar-refractivity contribution is 5.76. The molecule has 0 aromatic carbocycles. The number of aliphatic hydroxyl groups is 8. The van der Waals surface area contributed by atoms with E-state index < -0.39 is 86.8 Å². The predicted molar refractivity (Wildman–Crippen MR) is 415 cm³/mol. The molecule has 2 aliphatic rings. The summed E-state index contributed by atoms with van der Waals surface area (Å²) in [5.74, 6) is -0.245. The van der Waals surface area contributed by atoms with Gasteiger partial charge in [0.1, 0.15) is 48.8 Å². The summed E-state index contributed by atoms with van der Waals surface area (Å²) < 4.78 is 22.9. The molecule has 0 spiro atoms. The van der Waals surface area contributed by atoms with Crippen LogP contribution in [0.3, 0.4) is 0 Å². The molecular formula is C86H161NO13. The van der Waals surface area contributed by atoms with Gasteiger partial charge < -0.3 is 65.1 Å². The maximum absolute atomic E-state index is 13.4. The number of carbonyl (C=O) groups is 1. The summed E-state index contributed by atoms with van der Waals surface area (Å²) in [7, 11) is 0. The van der Waals surface area contributed by atoms with Gasteiger partial charge in [0.05, 0.1) is 32.0 Å². The van der Waals surface area contributed by atoms with E-state index in [2.05, 4.69) is 55.6 Å². The average molecular weight is 1420 g/mol. The minimum atomic E-state index is -1.79. The molecule has 0 saturated carbocycles. The van der Waals surface area contributed by atoms with E-state index in [0.717, 1.165) is 44.9 Å². The highest BCUT2D eigenvalue weighted by atomic mass is 16.7. The van der Waals surface area contributed by atoms with Gasteiger partial charge in [-0.3, -0.25) is 4.79 Å². The summed E-state index contributed by atoms with van der Waals surface area (Å²) in [6.45, 7) is 2.84. The average Bonchev–Trinajstić information content (AvgIpc) is 0.790. The molecule has 2 fully saturated rings. The number of carbonyl (C=O) groups excluding carboxylic acids is 1. The Bertz CT molecular complexity index is 1870. The van der Waals surface area contributed by atoms with Crippen LogP contribution in [0.15, 0.2) is 48.6 Å². The van der Waals surface area contributed by atoms with Crippen molar-refractivity contribution >= 4 is 5.91 Å². The summed E-state index contributed by atoms with van der Waals surface area (Å²) in [5, 5.41) is 87.7. The molecule has 2 heterocycles. The molecular weight excluding hydrogens is 1250 g/mol. The lowest BCUT2D eigenvalue weighted by atomic mass is 9.97. The number of hydrogen-bond acceptors (Lipinski definition) is 13. The van der Waals surface area contributed by atoms with E-state index in [1.165, 1.54) is 321 Å². The largest absolute Gasteiger partial charge is 0.394 e. The molecule has 0 aromatic heterocycles. The van der Waals surface area contributed by atoms with Crippen LogP contribution in [0.2, 0.25) is 0 Å². The minimum absolute atomic E-state index is 0.245. The Morgan fingerprint density at radius 2 is 0.640 bits per heavy atom. The van der Waals surface area contributed by atoms with Crippen molar-refractivity contribution in [3.63, 3.8) is 0 Å².